The highest BCUT2D eigenvalue weighted by molar-refractivity contribution is 7.09. The fourth-order valence-corrected chi connectivity index (χ4v) is 4.67. The molecule has 0 aromatic carbocycles. The smallest absolute Gasteiger partial charge is 0.245 e. The second-order valence-electron chi connectivity index (χ2n) is 7.30. The summed E-state index contributed by atoms with van der Waals surface area (Å²) >= 11 is 1.75. The maximum absolute atomic E-state index is 6.29. The number of ether oxygens (including phenoxy) is 1. The highest BCUT2D eigenvalue weighted by atomic mass is 32.1. The summed E-state index contributed by atoms with van der Waals surface area (Å²) in [4.78, 5) is 8.22. The number of rotatable bonds is 4. The summed E-state index contributed by atoms with van der Waals surface area (Å²) < 4.78 is 12.2. The van der Waals surface area contributed by atoms with Gasteiger partial charge in [0.2, 0.25) is 11.8 Å². The first-order chi connectivity index (χ1) is 11.8. The summed E-state index contributed by atoms with van der Waals surface area (Å²) in [6.07, 6.45) is 4.85. The summed E-state index contributed by atoms with van der Waals surface area (Å²) in [6, 6.07) is 0. The Labute approximate surface area is 145 Å². The number of nitrogens with zero attached hydrogens (tertiary/aromatic N) is 4. The van der Waals surface area contributed by atoms with Gasteiger partial charge in [0.1, 0.15) is 6.10 Å². The monoisotopic (exact) mass is 346 g/mol. The van der Waals surface area contributed by atoms with Crippen molar-refractivity contribution in [3.8, 4) is 0 Å². The Morgan fingerprint density at radius 1 is 1.25 bits per heavy atom. The zero-order valence-electron chi connectivity index (χ0n) is 13.9. The quantitative estimate of drug-likeness (QED) is 0.848. The van der Waals surface area contributed by atoms with Crippen LogP contribution in [0, 0.1) is 12.8 Å². The molecule has 0 N–H and O–H groups in total. The summed E-state index contributed by atoms with van der Waals surface area (Å²) in [5.74, 6) is 2.63. The van der Waals surface area contributed by atoms with E-state index in [9.17, 15) is 0 Å². The van der Waals surface area contributed by atoms with Crippen LogP contribution in [-0.4, -0.2) is 39.3 Å². The molecule has 7 heteroatoms. The Bertz CT molecular complexity index is 726. The number of likely N-dealkylation sites (tertiary alicyclic amines) is 1. The van der Waals surface area contributed by atoms with Crippen LogP contribution in [0.1, 0.15) is 60.1 Å². The van der Waals surface area contributed by atoms with Crippen LogP contribution in [0.3, 0.4) is 0 Å². The van der Waals surface area contributed by atoms with Gasteiger partial charge in [-0.3, -0.25) is 4.90 Å². The SMILES string of the molecule is Cc1ncsc1CN1CC[C@H]2C[C@@H](c3nnc(C4CC4)o3)O[C@@H]2C1. The van der Waals surface area contributed by atoms with Gasteiger partial charge < -0.3 is 9.15 Å². The van der Waals surface area contributed by atoms with Crippen molar-refractivity contribution >= 4 is 11.3 Å². The lowest BCUT2D eigenvalue weighted by Crippen LogP contribution is -2.41. The molecule has 128 valence electrons. The van der Waals surface area contributed by atoms with E-state index in [4.69, 9.17) is 9.15 Å². The lowest BCUT2D eigenvalue weighted by atomic mass is 9.92. The number of aryl methyl sites for hydroxylation is 1. The predicted octanol–water partition coefficient (Wildman–Crippen LogP) is 3.06. The summed E-state index contributed by atoms with van der Waals surface area (Å²) in [5, 5.41) is 8.45. The third kappa shape index (κ3) is 2.78. The molecule has 3 aliphatic rings. The van der Waals surface area contributed by atoms with Gasteiger partial charge in [-0.05, 0) is 45.1 Å². The standard InChI is InChI=1S/C17H22N4O2S/c1-10-15(24-9-18-10)8-21-5-4-12-6-13(22-14(12)7-21)17-20-19-16(23-17)11-2-3-11/h9,11-14H,2-8H2,1H3/t12-,13-,14+/m0/s1. The van der Waals surface area contributed by atoms with E-state index in [0.717, 1.165) is 37.6 Å². The number of thiazole rings is 1. The van der Waals surface area contributed by atoms with Crippen molar-refractivity contribution in [1.29, 1.82) is 0 Å². The molecule has 3 fully saturated rings. The first-order valence-electron chi connectivity index (χ1n) is 8.86. The number of piperidine rings is 1. The Morgan fingerprint density at radius 2 is 2.12 bits per heavy atom. The molecule has 0 bridgehead atoms. The van der Waals surface area contributed by atoms with E-state index in [1.807, 2.05) is 5.51 Å². The largest absolute Gasteiger partial charge is 0.422 e. The van der Waals surface area contributed by atoms with E-state index in [2.05, 4.69) is 27.0 Å². The van der Waals surface area contributed by atoms with Gasteiger partial charge in [-0.1, -0.05) is 0 Å². The van der Waals surface area contributed by atoms with Crippen molar-refractivity contribution in [2.75, 3.05) is 13.1 Å². The van der Waals surface area contributed by atoms with Crippen molar-refractivity contribution in [2.24, 2.45) is 5.92 Å². The predicted molar refractivity (Wildman–Crippen MR) is 88.7 cm³/mol. The van der Waals surface area contributed by atoms with Crippen LogP contribution in [0.2, 0.25) is 0 Å². The summed E-state index contributed by atoms with van der Waals surface area (Å²) in [6.45, 7) is 5.20. The van der Waals surface area contributed by atoms with E-state index < -0.39 is 0 Å². The van der Waals surface area contributed by atoms with Crippen LogP contribution >= 0.6 is 11.3 Å². The molecule has 0 radical (unpaired) electrons. The maximum Gasteiger partial charge on any atom is 0.245 e. The second kappa shape index (κ2) is 5.89. The molecule has 6 nitrogen and oxygen atoms in total. The van der Waals surface area contributed by atoms with Crippen LogP contribution in [0.4, 0.5) is 0 Å². The van der Waals surface area contributed by atoms with Crippen LogP contribution in [0.15, 0.2) is 9.93 Å². The highest BCUT2D eigenvalue weighted by Crippen LogP contribution is 2.43. The van der Waals surface area contributed by atoms with E-state index in [-0.39, 0.29) is 12.2 Å². The minimum Gasteiger partial charge on any atom is -0.422 e. The van der Waals surface area contributed by atoms with Gasteiger partial charge in [-0.25, -0.2) is 4.98 Å². The normalized spacial score (nSPS) is 30.6. The molecule has 2 aromatic heterocycles. The molecule has 3 atom stereocenters. The number of hydrogen-bond acceptors (Lipinski definition) is 7. The molecule has 1 aliphatic carbocycles. The molecule has 4 heterocycles. The van der Waals surface area contributed by atoms with Crippen molar-refractivity contribution in [1.82, 2.24) is 20.1 Å². The molecule has 2 saturated heterocycles. The van der Waals surface area contributed by atoms with Crippen LogP contribution in [0.5, 0.6) is 0 Å². The van der Waals surface area contributed by atoms with Crippen molar-refractivity contribution < 1.29 is 9.15 Å². The Balaban J connectivity index is 1.23. The molecular formula is C17H22N4O2S. The van der Waals surface area contributed by atoms with Crippen molar-refractivity contribution in [2.45, 2.75) is 57.3 Å². The first-order valence-corrected chi connectivity index (χ1v) is 9.74. The van der Waals surface area contributed by atoms with Crippen molar-refractivity contribution in [3.63, 3.8) is 0 Å². The lowest BCUT2D eigenvalue weighted by Gasteiger charge is -2.33. The van der Waals surface area contributed by atoms with Crippen LogP contribution in [-0.2, 0) is 11.3 Å². The Morgan fingerprint density at radius 3 is 2.92 bits per heavy atom. The first kappa shape index (κ1) is 15.0. The van der Waals surface area contributed by atoms with Crippen LogP contribution in [0.25, 0.3) is 0 Å². The number of aromatic nitrogens is 3. The van der Waals surface area contributed by atoms with Gasteiger partial charge in [0.15, 0.2) is 0 Å². The highest BCUT2D eigenvalue weighted by Gasteiger charge is 2.42. The molecule has 0 spiro atoms. The fraction of sp³-hybridized carbons (Fsp3) is 0.706. The average Bonchev–Trinajstić information content (AvgIpc) is 2.99. The molecule has 0 amide bonds. The summed E-state index contributed by atoms with van der Waals surface area (Å²) in [5.41, 5.74) is 3.10. The van der Waals surface area contributed by atoms with Crippen LogP contribution < -0.4 is 0 Å². The molecular weight excluding hydrogens is 324 g/mol. The Hall–Kier alpha value is -1.31. The molecule has 0 unspecified atom stereocenters. The number of hydrogen-bond donors (Lipinski definition) is 0. The third-order valence-corrected chi connectivity index (χ3v) is 6.43. The third-order valence-electron chi connectivity index (χ3n) is 5.51. The van der Waals surface area contributed by atoms with Gasteiger partial charge in [-0.15, -0.1) is 21.5 Å². The summed E-state index contributed by atoms with van der Waals surface area (Å²) in [7, 11) is 0. The zero-order valence-corrected chi connectivity index (χ0v) is 14.7. The average molecular weight is 346 g/mol. The number of fused-ring (bicyclic) bond motifs is 1. The van der Waals surface area contributed by atoms with Crippen molar-refractivity contribution in [3.05, 3.63) is 27.9 Å². The minimum absolute atomic E-state index is 0.00918. The van der Waals surface area contributed by atoms with Gasteiger partial charge in [-0.2, -0.15) is 0 Å². The molecule has 1 saturated carbocycles. The molecule has 2 aliphatic heterocycles. The van der Waals surface area contributed by atoms with E-state index in [1.165, 1.54) is 24.1 Å². The van der Waals surface area contributed by atoms with E-state index in [0.29, 0.717) is 17.7 Å². The van der Waals surface area contributed by atoms with Gasteiger partial charge in [0.25, 0.3) is 0 Å². The lowest BCUT2D eigenvalue weighted by molar-refractivity contribution is -0.0175. The van der Waals surface area contributed by atoms with E-state index in [1.54, 1.807) is 11.3 Å². The van der Waals surface area contributed by atoms with Gasteiger partial charge in [0, 0.05) is 23.9 Å². The van der Waals surface area contributed by atoms with Gasteiger partial charge in [0.05, 0.1) is 17.3 Å². The molecule has 5 rings (SSSR count). The molecule has 2 aromatic rings. The maximum atomic E-state index is 6.29. The zero-order chi connectivity index (χ0) is 16.1. The molecule has 24 heavy (non-hydrogen) atoms. The minimum atomic E-state index is -0.00918. The Kier molecular flexibility index (Phi) is 3.68. The van der Waals surface area contributed by atoms with Gasteiger partial charge >= 0.3 is 0 Å². The topological polar surface area (TPSA) is 64.3 Å². The van der Waals surface area contributed by atoms with E-state index >= 15 is 0 Å². The fourth-order valence-electron chi connectivity index (χ4n) is 3.85. The second-order valence-corrected chi connectivity index (χ2v) is 8.24.